The molecule has 7 heteroatoms. The number of amides is 1. The highest BCUT2D eigenvalue weighted by Crippen LogP contribution is 2.27. The number of rotatable bonds is 6. The second-order valence-electron chi connectivity index (χ2n) is 7.95. The van der Waals surface area contributed by atoms with Gasteiger partial charge in [0.1, 0.15) is 11.6 Å². The van der Waals surface area contributed by atoms with Gasteiger partial charge in [-0.3, -0.25) is 9.69 Å². The summed E-state index contributed by atoms with van der Waals surface area (Å²) in [4.78, 5) is 19.1. The molecule has 1 aromatic heterocycles. The molecular weight excluding hydrogens is 328 g/mol. The summed E-state index contributed by atoms with van der Waals surface area (Å²) in [5, 5.41) is 8.92. The van der Waals surface area contributed by atoms with Crippen LogP contribution in [0.5, 0.6) is 0 Å². The number of likely N-dealkylation sites (tertiary alicyclic amines) is 2. The molecule has 0 radical (unpaired) electrons. The summed E-state index contributed by atoms with van der Waals surface area (Å²) in [6.07, 6.45) is 5.76. The first kappa shape index (κ1) is 19.3. The lowest BCUT2D eigenvalue weighted by Gasteiger charge is -2.34. The molecule has 3 rings (SSSR count). The zero-order valence-electron chi connectivity index (χ0n) is 16.7. The number of nitrogens with zero attached hydrogens (tertiary/aromatic N) is 6. The fourth-order valence-corrected chi connectivity index (χ4v) is 4.19. The summed E-state index contributed by atoms with van der Waals surface area (Å²) < 4.78 is 2.26. The first-order valence-electron chi connectivity index (χ1n) is 10.1. The molecule has 1 aromatic rings. The van der Waals surface area contributed by atoms with Gasteiger partial charge < -0.3 is 14.4 Å². The van der Waals surface area contributed by atoms with Crippen LogP contribution < -0.4 is 0 Å². The molecule has 2 fully saturated rings. The summed E-state index contributed by atoms with van der Waals surface area (Å²) in [6.45, 7) is 8.32. The highest BCUT2D eigenvalue weighted by Gasteiger charge is 2.28. The van der Waals surface area contributed by atoms with Gasteiger partial charge in [-0.25, -0.2) is 0 Å². The number of hydrogen-bond donors (Lipinski definition) is 0. The Balaban J connectivity index is 1.55. The largest absolute Gasteiger partial charge is 0.342 e. The van der Waals surface area contributed by atoms with Crippen molar-refractivity contribution < 1.29 is 4.79 Å². The topological polar surface area (TPSA) is 57.5 Å². The van der Waals surface area contributed by atoms with Gasteiger partial charge in [-0.2, -0.15) is 0 Å². The van der Waals surface area contributed by atoms with Crippen molar-refractivity contribution in [2.75, 3.05) is 46.8 Å². The predicted octanol–water partition coefficient (Wildman–Crippen LogP) is 1.55. The van der Waals surface area contributed by atoms with Crippen molar-refractivity contribution in [1.82, 2.24) is 29.5 Å². The van der Waals surface area contributed by atoms with Gasteiger partial charge in [0.15, 0.2) is 0 Å². The molecule has 0 spiro atoms. The van der Waals surface area contributed by atoms with Crippen LogP contribution in [-0.2, 0) is 17.9 Å². The van der Waals surface area contributed by atoms with Crippen molar-refractivity contribution in [2.45, 2.75) is 58.0 Å². The Morgan fingerprint density at radius 3 is 2.38 bits per heavy atom. The van der Waals surface area contributed by atoms with Gasteiger partial charge in [-0.1, -0.05) is 6.42 Å². The zero-order valence-corrected chi connectivity index (χ0v) is 16.7. The second-order valence-corrected chi connectivity index (χ2v) is 7.95. The van der Waals surface area contributed by atoms with E-state index in [1.54, 1.807) is 0 Å². The quantitative estimate of drug-likeness (QED) is 0.768. The minimum absolute atomic E-state index is 0.301. The molecule has 0 atom stereocenters. The Morgan fingerprint density at radius 2 is 1.77 bits per heavy atom. The maximum Gasteiger partial charge on any atom is 0.236 e. The van der Waals surface area contributed by atoms with Crippen molar-refractivity contribution >= 4 is 5.91 Å². The van der Waals surface area contributed by atoms with E-state index in [9.17, 15) is 4.79 Å². The third-order valence-corrected chi connectivity index (χ3v) is 5.65. The van der Waals surface area contributed by atoms with Gasteiger partial charge >= 0.3 is 0 Å². The van der Waals surface area contributed by atoms with E-state index in [0.29, 0.717) is 18.4 Å². The molecule has 2 aliphatic rings. The SMILES string of the molecule is CCn1c(CN(C)C)nnc1C1CCN(C(=O)CN2CCCCC2)CC1. The van der Waals surface area contributed by atoms with Gasteiger partial charge in [0, 0.05) is 25.6 Å². The van der Waals surface area contributed by atoms with Crippen LogP contribution in [0, 0.1) is 0 Å². The summed E-state index contributed by atoms with van der Waals surface area (Å²) >= 11 is 0. The summed E-state index contributed by atoms with van der Waals surface area (Å²) in [7, 11) is 4.11. The molecule has 0 saturated carbocycles. The van der Waals surface area contributed by atoms with E-state index in [1.807, 2.05) is 0 Å². The minimum Gasteiger partial charge on any atom is -0.342 e. The normalized spacial score (nSPS) is 20.1. The molecule has 0 aromatic carbocycles. The number of piperidine rings is 2. The van der Waals surface area contributed by atoms with Crippen LogP contribution in [0.1, 0.15) is 56.6 Å². The zero-order chi connectivity index (χ0) is 18.5. The van der Waals surface area contributed by atoms with Crippen LogP contribution in [0.3, 0.4) is 0 Å². The third-order valence-electron chi connectivity index (χ3n) is 5.65. The van der Waals surface area contributed by atoms with Crippen LogP contribution in [0.4, 0.5) is 0 Å². The standard InChI is InChI=1S/C19H34N6O/c1-4-25-17(14-22(2)3)20-21-19(25)16-8-12-24(13-9-16)18(26)15-23-10-6-5-7-11-23/h16H,4-15H2,1-3H3. The summed E-state index contributed by atoms with van der Waals surface area (Å²) in [5.74, 6) is 2.86. The first-order valence-corrected chi connectivity index (χ1v) is 10.1. The maximum absolute atomic E-state index is 12.6. The Bertz CT molecular complexity index is 585. The number of carbonyl (C=O) groups is 1. The first-order chi connectivity index (χ1) is 12.6. The Morgan fingerprint density at radius 1 is 1.08 bits per heavy atom. The molecular formula is C19H34N6O. The van der Waals surface area contributed by atoms with Crippen molar-refractivity contribution in [3.05, 3.63) is 11.6 Å². The van der Waals surface area contributed by atoms with Crippen LogP contribution in [0.2, 0.25) is 0 Å². The van der Waals surface area contributed by atoms with E-state index < -0.39 is 0 Å². The number of hydrogen-bond acceptors (Lipinski definition) is 5. The fourth-order valence-electron chi connectivity index (χ4n) is 4.19. The van der Waals surface area contributed by atoms with Gasteiger partial charge in [-0.15, -0.1) is 10.2 Å². The van der Waals surface area contributed by atoms with Crippen LogP contribution in [-0.4, -0.2) is 82.2 Å². The summed E-state index contributed by atoms with van der Waals surface area (Å²) in [6, 6.07) is 0. The van der Waals surface area contributed by atoms with E-state index in [-0.39, 0.29) is 0 Å². The Hall–Kier alpha value is -1.47. The molecule has 2 aliphatic heterocycles. The van der Waals surface area contributed by atoms with Gasteiger partial charge in [0.2, 0.25) is 5.91 Å². The monoisotopic (exact) mass is 362 g/mol. The lowest BCUT2D eigenvalue weighted by molar-refractivity contribution is -0.133. The smallest absolute Gasteiger partial charge is 0.236 e. The highest BCUT2D eigenvalue weighted by atomic mass is 16.2. The average molecular weight is 363 g/mol. The van der Waals surface area contributed by atoms with Gasteiger partial charge in [-0.05, 0) is 59.8 Å². The molecule has 7 nitrogen and oxygen atoms in total. The van der Waals surface area contributed by atoms with Crippen LogP contribution >= 0.6 is 0 Å². The second kappa shape index (κ2) is 8.95. The molecule has 2 saturated heterocycles. The highest BCUT2D eigenvalue weighted by molar-refractivity contribution is 5.78. The van der Waals surface area contributed by atoms with Crippen molar-refractivity contribution in [3.63, 3.8) is 0 Å². The lowest BCUT2D eigenvalue weighted by Crippen LogP contribution is -2.45. The fraction of sp³-hybridized carbons (Fsp3) is 0.842. The van der Waals surface area contributed by atoms with Crippen LogP contribution in [0.15, 0.2) is 0 Å². The van der Waals surface area contributed by atoms with Crippen molar-refractivity contribution in [3.8, 4) is 0 Å². The summed E-state index contributed by atoms with van der Waals surface area (Å²) in [5.41, 5.74) is 0. The lowest BCUT2D eigenvalue weighted by atomic mass is 9.95. The maximum atomic E-state index is 12.6. The molecule has 146 valence electrons. The van der Waals surface area contributed by atoms with E-state index in [1.165, 1.54) is 19.3 Å². The van der Waals surface area contributed by atoms with E-state index in [2.05, 4.69) is 50.5 Å². The molecule has 0 N–H and O–H groups in total. The number of carbonyl (C=O) groups excluding carboxylic acids is 1. The van der Waals surface area contributed by atoms with Crippen LogP contribution in [0.25, 0.3) is 0 Å². The minimum atomic E-state index is 0.301. The van der Waals surface area contributed by atoms with E-state index >= 15 is 0 Å². The van der Waals surface area contributed by atoms with Crippen molar-refractivity contribution in [1.29, 1.82) is 0 Å². The Kier molecular flexibility index (Phi) is 6.64. The van der Waals surface area contributed by atoms with E-state index in [4.69, 9.17) is 0 Å². The van der Waals surface area contributed by atoms with Gasteiger partial charge in [0.25, 0.3) is 0 Å². The molecule has 0 bridgehead atoms. The molecule has 0 aliphatic carbocycles. The molecule has 1 amide bonds. The Labute approximate surface area is 157 Å². The predicted molar refractivity (Wildman–Crippen MR) is 102 cm³/mol. The van der Waals surface area contributed by atoms with E-state index in [0.717, 1.165) is 63.8 Å². The van der Waals surface area contributed by atoms with Crippen molar-refractivity contribution in [2.24, 2.45) is 0 Å². The number of aromatic nitrogens is 3. The van der Waals surface area contributed by atoms with Gasteiger partial charge in [0.05, 0.1) is 13.1 Å². The average Bonchev–Trinajstić information content (AvgIpc) is 3.04. The molecule has 3 heterocycles. The third kappa shape index (κ3) is 4.62. The molecule has 26 heavy (non-hydrogen) atoms. The molecule has 0 unspecified atom stereocenters.